The first kappa shape index (κ1) is 38.5. The van der Waals surface area contributed by atoms with Crippen LogP contribution in [0.25, 0.3) is 110 Å². The van der Waals surface area contributed by atoms with Crippen molar-refractivity contribution in [3.8, 4) is 44.8 Å². The molecule has 3 aromatic heterocycles. The molecule has 9 aromatic carbocycles. The monoisotopic (exact) mass is 796 g/mol. The second-order valence-electron chi connectivity index (χ2n) is 16.4. The third-order valence-electron chi connectivity index (χ3n) is 12.9. The normalized spacial score (nSPS) is 11.9. The molecule has 0 aliphatic rings. The molecule has 0 N–H and O–H groups in total. The van der Waals surface area contributed by atoms with Crippen molar-refractivity contribution >= 4 is 159 Å². The predicted molar refractivity (Wildman–Crippen MR) is 276 cm³/mol. The fraction of sp³-hybridized carbons (Fsp3) is 0. The van der Waals surface area contributed by atoms with Crippen LogP contribution in [0.15, 0.2) is 168 Å². The van der Waals surface area contributed by atoms with E-state index in [2.05, 4.69) is 89.5 Å². The summed E-state index contributed by atoms with van der Waals surface area (Å²) in [5.74, 6) is 0. The highest BCUT2D eigenvalue weighted by Gasteiger charge is 2.25. The lowest BCUT2D eigenvalue weighted by Crippen LogP contribution is -2.48. The van der Waals surface area contributed by atoms with E-state index in [1.807, 2.05) is 83.4 Å². The number of nitrogens with zero attached hydrogens (tertiary/aromatic N) is 2. The van der Waals surface area contributed by atoms with Crippen molar-refractivity contribution in [2.24, 2.45) is 0 Å². The summed E-state index contributed by atoms with van der Waals surface area (Å²) in [6, 6.07) is 55.9. The van der Waals surface area contributed by atoms with Crippen molar-refractivity contribution in [3.63, 3.8) is 0 Å². The van der Waals surface area contributed by atoms with Gasteiger partial charge in [0, 0.05) is 49.3 Å². The minimum atomic E-state index is 0.170. The van der Waals surface area contributed by atoms with Crippen LogP contribution in [0.1, 0.15) is 0 Å². The molecule has 12 aromatic rings. The van der Waals surface area contributed by atoms with Crippen LogP contribution >= 0.6 is 0 Å². The lowest BCUT2D eigenvalue weighted by molar-refractivity contribution is 0.669. The number of para-hydroxylation sites is 1. The molecular weight excluding hydrogens is 768 g/mol. The van der Waals surface area contributed by atoms with Crippen molar-refractivity contribution in [2.45, 2.75) is 0 Å². The van der Waals surface area contributed by atoms with Crippen LogP contribution in [0, 0.1) is 0 Å². The highest BCUT2D eigenvalue weighted by atomic mass is 16.3. The van der Waals surface area contributed by atoms with Crippen molar-refractivity contribution in [1.29, 1.82) is 0 Å². The van der Waals surface area contributed by atoms with Crippen LogP contribution in [0.3, 0.4) is 0 Å². The molecule has 0 aliphatic carbocycles. The summed E-state index contributed by atoms with van der Waals surface area (Å²) in [7, 11) is 48.8. The van der Waals surface area contributed by atoms with Crippen LogP contribution in [0.2, 0.25) is 0 Å². The number of aromatic nitrogens is 2. The first-order valence-electron chi connectivity index (χ1n) is 21.0. The zero-order valence-electron chi connectivity index (χ0n) is 34.4. The number of hydrogen-bond donors (Lipinski definition) is 0. The number of benzene rings is 9. The van der Waals surface area contributed by atoms with Crippen molar-refractivity contribution in [3.05, 3.63) is 164 Å². The van der Waals surface area contributed by atoms with Gasteiger partial charge in [-0.3, -0.25) is 0 Å². The van der Waals surface area contributed by atoms with Gasteiger partial charge in [-0.15, -0.1) is 10.9 Å². The Morgan fingerprint density at radius 2 is 0.922 bits per heavy atom. The first-order chi connectivity index (χ1) is 31.2. The minimum Gasteiger partial charge on any atom is -0.456 e. The number of fused-ring (bicyclic) bond motifs is 9. The summed E-state index contributed by atoms with van der Waals surface area (Å²) in [6.07, 6.45) is 0. The Bertz CT molecular complexity index is 3910. The van der Waals surface area contributed by atoms with E-state index >= 15 is 0 Å². The molecule has 0 saturated heterocycles. The quantitative estimate of drug-likeness (QED) is 0.187. The topological polar surface area (TPSA) is 23.0 Å². The standard InChI is InChI=1S/C54H27B7N2O/c55-46-42(47(56)51(60)53-44(46)45-48(57)49(58)50(59)52(61)54(45)63(53)32-21-18-29(19-22-32)28-10-3-1-4-11-28)31-20-24-38-37(26-31)43-34(30-12-5-2-6-13-30)15-9-16-39(43)62(38)33-23-25-41-36(27-33)35-14-7-8-17-40(35)64-41/h1-27H. The van der Waals surface area contributed by atoms with E-state index in [9.17, 15) is 0 Å². The van der Waals surface area contributed by atoms with E-state index in [-0.39, 0.29) is 21.9 Å². The fourth-order valence-corrected chi connectivity index (χ4v) is 9.91. The number of rotatable bonds is 5. The molecule has 3 heterocycles. The summed E-state index contributed by atoms with van der Waals surface area (Å²) in [5, 5.41) is 5.30. The van der Waals surface area contributed by atoms with E-state index in [4.69, 9.17) is 59.3 Å². The maximum atomic E-state index is 7.42. The van der Waals surface area contributed by atoms with Gasteiger partial charge in [-0.25, -0.2) is 0 Å². The van der Waals surface area contributed by atoms with Gasteiger partial charge in [0.25, 0.3) is 0 Å². The lowest BCUT2D eigenvalue weighted by Gasteiger charge is -2.19. The summed E-state index contributed by atoms with van der Waals surface area (Å²) in [5.41, 5.74) is 14.1. The molecule has 10 heteroatoms. The maximum Gasteiger partial charge on any atom is 0.135 e. The van der Waals surface area contributed by atoms with E-state index < -0.39 is 0 Å². The smallest absolute Gasteiger partial charge is 0.135 e. The van der Waals surface area contributed by atoms with Crippen molar-refractivity contribution in [1.82, 2.24) is 9.13 Å². The number of hydrogen-bond acceptors (Lipinski definition) is 1. The maximum absolute atomic E-state index is 7.42. The molecule has 12 rings (SSSR count). The van der Waals surface area contributed by atoms with E-state index in [0.717, 1.165) is 82.9 Å². The molecule has 64 heavy (non-hydrogen) atoms. The highest BCUT2D eigenvalue weighted by Crippen LogP contribution is 2.41. The van der Waals surface area contributed by atoms with Gasteiger partial charge in [-0.1, -0.05) is 137 Å². The zero-order valence-corrected chi connectivity index (χ0v) is 34.4. The van der Waals surface area contributed by atoms with E-state index in [1.165, 1.54) is 0 Å². The van der Waals surface area contributed by atoms with E-state index in [1.54, 1.807) is 0 Å². The average Bonchev–Trinajstić information content (AvgIpc) is 4.01. The Kier molecular flexibility index (Phi) is 8.69. The van der Waals surface area contributed by atoms with Crippen LogP contribution in [0.5, 0.6) is 0 Å². The molecule has 0 aliphatic heterocycles. The molecule has 280 valence electrons. The summed E-state index contributed by atoms with van der Waals surface area (Å²) in [4.78, 5) is 0. The molecule has 0 amide bonds. The Morgan fingerprint density at radius 3 is 1.67 bits per heavy atom. The van der Waals surface area contributed by atoms with Gasteiger partial charge in [0.2, 0.25) is 0 Å². The first-order valence-corrected chi connectivity index (χ1v) is 21.0. The van der Waals surface area contributed by atoms with Crippen LogP contribution in [-0.2, 0) is 0 Å². The zero-order chi connectivity index (χ0) is 43.5. The van der Waals surface area contributed by atoms with Gasteiger partial charge < -0.3 is 13.6 Å². The van der Waals surface area contributed by atoms with Crippen LogP contribution in [-0.4, -0.2) is 64.1 Å². The summed E-state index contributed by atoms with van der Waals surface area (Å²) < 4.78 is 10.5. The summed E-state index contributed by atoms with van der Waals surface area (Å²) >= 11 is 0. The number of furan rings is 1. The van der Waals surface area contributed by atoms with Gasteiger partial charge >= 0.3 is 0 Å². The molecule has 0 saturated carbocycles. The SMILES string of the molecule is [B]c1c([B])c([B])c2c(c1[B])c1c([B])c(-c3ccc4c(c3)c3c(-c5ccccc5)cccc3n4-c3ccc4oc5ccccc5c4c3)c([B])c([B])c1n2-c1ccc(-c2ccccc2)cc1. The second kappa shape index (κ2) is 14.4. The second-order valence-corrected chi connectivity index (χ2v) is 16.4. The lowest BCUT2D eigenvalue weighted by atomic mass is 9.64. The van der Waals surface area contributed by atoms with Crippen molar-refractivity contribution in [2.75, 3.05) is 0 Å². The Hall–Kier alpha value is -7.17. The van der Waals surface area contributed by atoms with Gasteiger partial charge in [0.1, 0.15) is 66.1 Å². The van der Waals surface area contributed by atoms with Crippen LogP contribution in [0.4, 0.5) is 0 Å². The van der Waals surface area contributed by atoms with Gasteiger partial charge in [0.15, 0.2) is 0 Å². The minimum absolute atomic E-state index is 0.170. The third-order valence-corrected chi connectivity index (χ3v) is 12.9. The summed E-state index contributed by atoms with van der Waals surface area (Å²) in [6.45, 7) is 0. The molecular formula is C54H27B7N2O. The largest absolute Gasteiger partial charge is 0.456 e. The molecule has 0 unspecified atom stereocenters. The molecule has 3 nitrogen and oxygen atoms in total. The van der Waals surface area contributed by atoms with Crippen molar-refractivity contribution < 1.29 is 4.42 Å². The molecule has 0 fully saturated rings. The van der Waals surface area contributed by atoms with Gasteiger partial charge in [0.05, 0.1) is 11.0 Å². The van der Waals surface area contributed by atoms with Gasteiger partial charge in [-0.05, 0) is 93.4 Å². The molecule has 14 radical (unpaired) electrons. The Morgan fingerprint density at radius 1 is 0.328 bits per heavy atom. The Labute approximate surface area is 379 Å². The highest BCUT2D eigenvalue weighted by molar-refractivity contribution is 6.69. The predicted octanol–water partition coefficient (Wildman–Crippen LogP) is 6.34. The average molecular weight is 796 g/mol. The third kappa shape index (κ3) is 5.51. The van der Waals surface area contributed by atoms with Gasteiger partial charge in [-0.2, -0.15) is 0 Å². The Balaban J connectivity index is 1.14. The molecule has 0 spiro atoms. The van der Waals surface area contributed by atoms with E-state index in [0.29, 0.717) is 43.8 Å². The molecule has 0 bridgehead atoms. The fourth-order valence-electron chi connectivity index (χ4n) is 9.91. The molecule has 0 atom stereocenters. The van der Waals surface area contributed by atoms with Crippen LogP contribution < -0.4 is 38.2 Å².